The van der Waals surface area contributed by atoms with E-state index in [0.29, 0.717) is 0 Å². The van der Waals surface area contributed by atoms with Crippen LogP contribution in [-0.4, -0.2) is 23.7 Å². The van der Waals surface area contributed by atoms with Crippen molar-refractivity contribution in [1.82, 2.24) is 5.32 Å². The first-order valence-electron chi connectivity index (χ1n) is 7.18. The van der Waals surface area contributed by atoms with Crippen LogP contribution in [0.3, 0.4) is 0 Å². The van der Waals surface area contributed by atoms with Gasteiger partial charge in [-0.2, -0.15) is 0 Å². The number of halogens is 3. The van der Waals surface area contributed by atoms with Gasteiger partial charge in [0.1, 0.15) is 0 Å². The zero-order valence-electron chi connectivity index (χ0n) is 12.8. The van der Waals surface area contributed by atoms with Crippen LogP contribution in [0, 0.1) is 17.5 Å². The first-order valence-corrected chi connectivity index (χ1v) is 7.18. The average molecular weight is 339 g/mol. The Morgan fingerprint density at radius 3 is 2.50 bits per heavy atom. The van der Waals surface area contributed by atoms with Crippen molar-refractivity contribution in [3.05, 3.63) is 65.5 Å². The monoisotopic (exact) mass is 339 g/mol. The lowest BCUT2D eigenvalue weighted by Crippen LogP contribution is -2.39. The molecule has 128 valence electrons. The zero-order chi connectivity index (χ0) is 17.7. The van der Waals surface area contributed by atoms with Crippen LogP contribution in [0.2, 0.25) is 0 Å². The van der Waals surface area contributed by atoms with Gasteiger partial charge in [0.05, 0.1) is 12.1 Å². The average Bonchev–Trinajstić information content (AvgIpc) is 2.56. The van der Waals surface area contributed by atoms with Crippen molar-refractivity contribution in [3.63, 3.8) is 0 Å². The lowest BCUT2D eigenvalue weighted by molar-refractivity contribution is -0.124. The van der Waals surface area contributed by atoms with Crippen molar-refractivity contribution in [2.75, 3.05) is 6.61 Å². The molecule has 0 aliphatic heterocycles. The van der Waals surface area contributed by atoms with Crippen LogP contribution < -0.4 is 10.1 Å². The van der Waals surface area contributed by atoms with Crippen LogP contribution in [0.15, 0.2) is 42.5 Å². The number of ether oxygens (including phenoxy) is 1. The fourth-order valence-corrected chi connectivity index (χ4v) is 2.06. The Morgan fingerprint density at radius 2 is 1.83 bits per heavy atom. The molecule has 2 atom stereocenters. The number of aliphatic hydroxyl groups excluding tert-OH is 1. The highest BCUT2D eigenvalue weighted by Crippen LogP contribution is 2.19. The predicted octanol–water partition coefficient (Wildman–Crippen LogP) is 2.72. The summed E-state index contributed by atoms with van der Waals surface area (Å²) in [7, 11) is 0. The number of carbonyl (C=O) groups excluding carboxylic acids is 1. The Balaban J connectivity index is 1.90. The number of hydrogen-bond acceptors (Lipinski definition) is 3. The summed E-state index contributed by atoms with van der Waals surface area (Å²) in [6.45, 7) is 1.04. The Hall–Kier alpha value is -2.54. The van der Waals surface area contributed by atoms with Crippen LogP contribution in [0.4, 0.5) is 13.2 Å². The molecule has 0 spiro atoms. The predicted molar refractivity (Wildman–Crippen MR) is 80.8 cm³/mol. The second kappa shape index (κ2) is 7.83. The van der Waals surface area contributed by atoms with E-state index in [2.05, 4.69) is 5.32 Å². The van der Waals surface area contributed by atoms with E-state index in [-0.39, 0.29) is 11.3 Å². The van der Waals surface area contributed by atoms with Gasteiger partial charge in [-0.15, -0.1) is 0 Å². The van der Waals surface area contributed by atoms with E-state index in [9.17, 15) is 23.1 Å². The van der Waals surface area contributed by atoms with E-state index < -0.39 is 42.1 Å². The number of aliphatic hydroxyl groups is 1. The maximum Gasteiger partial charge on any atom is 0.258 e. The standard InChI is InChI=1S/C17H16F3NO3/c1-10(17(23)11-6-7-12(18)14(20)8-11)21-16(22)9-24-15-5-3-2-4-13(15)19/h2-8,10,17,23H,9H2,1H3,(H,21,22). The topological polar surface area (TPSA) is 58.6 Å². The molecule has 0 heterocycles. The molecule has 7 heteroatoms. The molecule has 2 N–H and O–H groups in total. The minimum Gasteiger partial charge on any atom is -0.481 e. The summed E-state index contributed by atoms with van der Waals surface area (Å²) in [5.41, 5.74) is 0.122. The van der Waals surface area contributed by atoms with E-state index in [1.165, 1.54) is 31.2 Å². The number of rotatable bonds is 6. The first-order chi connectivity index (χ1) is 11.4. The Labute approximate surface area is 136 Å². The normalized spacial score (nSPS) is 13.2. The van der Waals surface area contributed by atoms with Crippen LogP contribution in [-0.2, 0) is 4.79 Å². The largest absolute Gasteiger partial charge is 0.481 e. The van der Waals surface area contributed by atoms with Gasteiger partial charge < -0.3 is 15.2 Å². The van der Waals surface area contributed by atoms with Gasteiger partial charge in [-0.1, -0.05) is 18.2 Å². The smallest absolute Gasteiger partial charge is 0.258 e. The van der Waals surface area contributed by atoms with Crippen LogP contribution in [0.1, 0.15) is 18.6 Å². The van der Waals surface area contributed by atoms with Gasteiger partial charge in [0.25, 0.3) is 5.91 Å². The van der Waals surface area contributed by atoms with Gasteiger partial charge in [-0.25, -0.2) is 13.2 Å². The van der Waals surface area contributed by atoms with Gasteiger partial charge in [0, 0.05) is 0 Å². The molecule has 0 aliphatic carbocycles. The molecule has 0 bridgehead atoms. The minimum atomic E-state index is -1.24. The molecule has 0 radical (unpaired) electrons. The molecule has 0 saturated heterocycles. The fourth-order valence-electron chi connectivity index (χ4n) is 2.06. The third-order valence-corrected chi connectivity index (χ3v) is 3.34. The Kier molecular flexibility index (Phi) is 5.81. The van der Waals surface area contributed by atoms with Crippen LogP contribution in [0.5, 0.6) is 5.75 Å². The van der Waals surface area contributed by atoms with E-state index >= 15 is 0 Å². The maximum atomic E-state index is 13.4. The SMILES string of the molecule is CC(NC(=O)COc1ccccc1F)C(O)c1ccc(F)c(F)c1. The summed E-state index contributed by atoms with van der Waals surface area (Å²) < 4.78 is 44.5. The van der Waals surface area contributed by atoms with Crippen molar-refractivity contribution in [1.29, 1.82) is 0 Å². The molecule has 0 aliphatic rings. The van der Waals surface area contributed by atoms with E-state index in [1.807, 2.05) is 0 Å². The van der Waals surface area contributed by atoms with Gasteiger partial charge in [-0.05, 0) is 36.8 Å². The number of carbonyl (C=O) groups is 1. The summed E-state index contributed by atoms with van der Waals surface area (Å²) in [5, 5.41) is 12.5. The molecule has 0 fully saturated rings. The third-order valence-electron chi connectivity index (χ3n) is 3.34. The fraction of sp³-hybridized carbons (Fsp3) is 0.235. The molecular formula is C17H16F3NO3. The summed E-state index contributed by atoms with van der Waals surface area (Å²) in [6.07, 6.45) is -1.24. The van der Waals surface area contributed by atoms with E-state index in [1.54, 1.807) is 6.07 Å². The molecule has 0 saturated carbocycles. The summed E-state index contributed by atoms with van der Waals surface area (Å²) in [4.78, 5) is 11.8. The third kappa shape index (κ3) is 4.48. The molecule has 1 amide bonds. The number of para-hydroxylation sites is 1. The van der Waals surface area contributed by atoms with Gasteiger partial charge in [0.15, 0.2) is 29.8 Å². The van der Waals surface area contributed by atoms with Crippen LogP contribution >= 0.6 is 0 Å². The highest BCUT2D eigenvalue weighted by Gasteiger charge is 2.20. The number of benzene rings is 2. The van der Waals surface area contributed by atoms with Crippen molar-refractivity contribution in [2.45, 2.75) is 19.1 Å². The number of hydrogen-bond donors (Lipinski definition) is 2. The molecule has 2 rings (SSSR count). The molecule has 2 aromatic rings. The molecule has 2 unspecified atom stereocenters. The van der Waals surface area contributed by atoms with Crippen molar-refractivity contribution in [2.24, 2.45) is 0 Å². The Morgan fingerprint density at radius 1 is 1.12 bits per heavy atom. The maximum absolute atomic E-state index is 13.4. The summed E-state index contributed by atoms with van der Waals surface area (Å²) in [5.74, 6) is -3.37. The first kappa shape index (κ1) is 17.8. The van der Waals surface area contributed by atoms with Crippen molar-refractivity contribution < 1.29 is 27.8 Å². The number of nitrogens with one attached hydrogen (secondary N) is 1. The number of amides is 1. The minimum absolute atomic E-state index is 0.0681. The van der Waals surface area contributed by atoms with E-state index in [0.717, 1.165) is 12.1 Å². The van der Waals surface area contributed by atoms with E-state index in [4.69, 9.17) is 4.74 Å². The van der Waals surface area contributed by atoms with Crippen molar-refractivity contribution in [3.8, 4) is 5.75 Å². The molecule has 4 nitrogen and oxygen atoms in total. The molecular weight excluding hydrogens is 323 g/mol. The summed E-state index contributed by atoms with van der Waals surface area (Å²) in [6, 6.07) is 7.81. The van der Waals surface area contributed by atoms with Crippen molar-refractivity contribution >= 4 is 5.91 Å². The van der Waals surface area contributed by atoms with Crippen LogP contribution in [0.25, 0.3) is 0 Å². The molecule has 24 heavy (non-hydrogen) atoms. The van der Waals surface area contributed by atoms with Gasteiger partial charge in [-0.3, -0.25) is 4.79 Å². The second-order valence-electron chi connectivity index (χ2n) is 5.19. The zero-order valence-corrected chi connectivity index (χ0v) is 12.8. The lowest BCUT2D eigenvalue weighted by Gasteiger charge is -2.21. The van der Waals surface area contributed by atoms with Gasteiger partial charge in [0.2, 0.25) is 0 Å². The molecule has 0 aromatic heterocycles. The highest BCUT2D eigenvalue weighted by atomic mass is 19.2. The Bertz CT molecular complexity index is 724. The summed E-state index contributed by atoms with van der Waals surface area (Å²) >= 11 is 0. The lowest BCUT2D eigenvalue weighted by atomic mass is 10.0. The molecule has 2 aromatic carbocycles. The second-order valence-corrected chi connectivity index (χ2v) is 5.19. The van der Waals surface area contributed by atoms with Gasteiger partial charge >= 0.3 is 0 Å². The quantitative estimate of drug-likeness (QED) is 0.851. The highest BCUT2D eigenvalue weighted by molar-refractivity contribution is 5.77.